The molecule has 0 amide bonds. The van der Waals surface area contributed by atoms with Crippen LogP contribution in [0, 0.1) is 0 Å². The number of aromatic nitrogens is 2. The molecule has 2 rings (SSSR count). The second kappa shape index (κ2) is 5.14. The molecule has 0 radical (unpaired) electrons. The Morgan fingerprint density at radius 3 is 2.28 bits per heavy atom. The fraction of sp³-hybridized carbons (Fsp3) is 0.167. The van der Waals surface area contributed by atoms with Crippen LogP contribution in [-0.2, 0) is 16.6 Å². The number of benzene rings is 1. The van der Waals surface area contributed by atoms with Crippen LogP contribution in [0.5, 0.6) is 0 Å². The predicted molar refractivity (Wildman–Crippen MR) is 69.5 cm³/mol. The summed E-state index contributed by atoms with van der Waals surface area (Å²) in [6, 6.07) is 8.95. The van der Waals surface area contributed by atoms with E-state index in [4.69, 9.17) is 0 Å². The Bertz CT molecular complexity index is 600. The van der Waals surface area contributed by atoms with Crippen LogP contribution in [0.25, 0.3) is 0 Å². The summed E-state index contributed by atoms with van der Waals surface area (Å²) in [4.78, 5) is 7.76. The number of nitrogens with zero attached hydrogens (tertiary/aromatic N) is 3. The fourth-order valence-electron chi connectivity index (χ4n) is 1.57. The van der Waals surface area contributed by atoms with Crippen LogP contribution in [-0.4, -0.2) is 24.6 Å². The number of para-hydroxylation sites is 1. The molecule has 0 atom stereocenters. The van der Waals surface area contributed by atoms with Gasteiger partial charge in [0, 0.05) is 18.0 Å². The molecular weight excluding hydrogens is 250 g/mol. The van der Waals surface area contributed by atoms with Gasteiger partial charge in [0.05, 0.1) is 18.5 Å². The Kier molecular flexibility index (Phi) is 3.57. The minimum absolute atomic E-state index is 0.226. The first-order valence-electron chi connectivity index (χ1n) is 5.34. The molecule has 5 nitrogen and oxygen atoms in total. The van der Waals surface area contributed by atoms with Crippen molar-refractivity contribution >= 4 is 15.7 Å². The van der Waals surface area contributed by atoms with E-state index in [2.05, 4.69) is 9.97 Å². The van der Waals surface area contributed by atoms with Gasteiger partial charge in [0.2, 0.25) is 10.0 Å². The Morgan fingerprint density at radius 1 is 1.11 bits per heavy atom. The highest BCUT2D eigenvalue weighted by Gasteiger charge is 2.17. The third kappa shape index (κ3) is 3.04. The van der Waals surface area contributed by atoms with Gasteiger partial charge < -0.3 is 0 Å². The van der Waals surface area contributed by atoms with Crippen molar-refractivity contribution in [1.82, 2.24) is 9.97 Å². The number of sulfonamides is 1. The van der Waals surface area contributed by atoms with E-state index >= 15 is 0 Å². The molecule has 0 aliphatic carbocycles. The van der Waals surface area contributed by atoms with E-state index in [1.54, 1.807) is 36.7 Å². The standard InChI is InChI=1S/C12H13N3O2S/c1-18(16,17)15(12-5-3-2-4-6-12)9-11-7-13-10-14-8-11/h2-8,10H,9H2,1H3. The molecule has 1 aromatic carbocycles. The summed E-state index contributed by atoms with van der Waals surface area (Å²) in [5.74, 6) is 0. The molecule has 0 aliphatic heterocycles. The van der Waals surface area contributed by atoms with E-state index in [0.29, 0.717) is 5.69 Å². The molecule has 0 saturated carbocycles. The van der Waals surface area contributed by atoms with Gasteiger partial charge in [0.1, 0.15) is 6.33 Å². The van der Waals surface area contributed by atoms with E-state index in [-0.39, 0.29) is 6.54 Å². The Hall–Kier alpha value is -1.95. The van der Waals surface area contributed by atoms with Gasteiger partial charge >= 0.3 is 0 Å². The molecule has 1 heterocycles. The summed E-state index contributed by atoms with van der Waals surface area (Å²) in [6.45, 7) is 0.226. The van der Waals surface area contributed by atoms with Gasteiger partial charge in [-0.05, 0) is 12.1 Å². The normalized spacial score (nSPS) is 11.2. The molecule has 6 heteroatoms. The van der Waals surface area contributed by atoms with Crippen molar-refractivity contribution in [2.75, 3.05) is 10.6 Å². The highest BCUT2D eigenvalue weighted by Crippen LogP contribution is 2.19. The summed E-state index contributed by atoms with van der Waals surface area (Å²) >= 11 is 0. The third-order valence-electron chi connectivity index (χ3n) is 2.38. The SMILES string of the molecule is CS(=O)(=O)N(Cc1cncnc1)c1ccccc1. The van der Waals surface area contributed by atoms with Crippen molar-refractivity contribution in [3.05, 3.63) is 54.6 Å². The van der Waals surface area contributed by atoms with E-state index in [0.717, 1.165) is 5.56 Å². The first-order chi connectivity index (χ1) is 8.57. The number of hydrogen-bond donors (Lipinski definition) is 0. The van der Waals surface area contributed by atoms with E-state index in [1.807, 2.05) is 6.07 Å². The van der Waals surface area contributed by atoms with Gasteiger partial charge in [-0.3, -0.25) is 4.31 Å². The molecule has 0 fully saturated rings. The summed E-state index contributed by atoms with van der Waals surface area (Å²) in [5, 5.41) is 0. The Labute approximate surface area is 106 Å². The van der Waals surface area contributed by atoms with Gasteiger partial charge in [-0.25, -0.2) is 18.4 Å². The van der Waals surface area contributed by atoms with E-state index in [1.165, 1.54) is 16.9 Å². The molecule has 94 valence electrons. The fourth-order valence-corrected chi connectivity index (χ4v) is 2.46. The van der Waals surface area contributed by atoms with Crippen LogP contribution in [0.3, 0.4) is 0 Å². The first-order valence-corrected chi connectivity index (χ1v) is 7.19. The van der Waals surface area contributed by atoms with Crippen molar-refractivity contribution < 1.29 is 8.42 Å². The lowest BCUT2D eigenvalue weighted by Gasteiger charge is -2.22. The molecule has 0 saturated heterocycles. The third-order valence-corrected chi connectivity index (χ3v) is 3.53. The minimum Gasteiger partial charge on any atom is -0.266 e. The minimum atomic E-state index is -3.34. The summed E-state index contributed by atoms with van der Waals surface area (Å²) in [6.07, 6.45) is 5.81. The maximum Gasteiger partial charge on any atom is 0.232 e. The van der Waals surface area contributed by atoms with Crippen molar-refractivity contribution in [1.29, 1.82) is 0 Å². The molecule has 0 N–H and O–H groups in total. The predicted octanol–water partition coefficient (Wildman–Crippen LogP) is 1.44. The maximum absolute atomic E-state index is 11.8. The van der Waals surface area contributed by atoms with Crippen molar-refractivity contribution in [2.24, 2.45) is 0 Å². The number of rotatable bonds is 4. The lowest BCUT2D eigenvalue weighted by atomic mass is 10.3. The highest BCUT2D eigenvalue weighted by atomic mass is 32.2. The highest BCUT2D eigenvalue weighted by molar-refractivity contribution is 7.92. The molecular formula is C12H13N3O2S. The lowest BCUT2D eigenvalue weighted by molar-refractivity contribution is 0.596. The topological polar surface area (TPSA) is 63.2 Å². The van der Waals surface area contributed by atoms with Crippen molar-refractivity contribution in [3.63, 3.8) is 0 Å². The van der Waals surface area contributed by atoms with Crippen LogP contribution >= 0.6 is 0 Å². The van der Waals surface area contributed by atoms with Crippen molar-refractivity contribution in [2.45, 2.75) is 6.54 Å². The molecule has 18 heavy (non-hydrogen) atoms. The van der Waals surface area contributed by atoms with Crippen LogP contribution in [0.2, 0.25) is 0 Å². The molecule has 0 spiro atoms. The lowest BCUT2D eigenvalue weighted by Crippen LogP contribution is -2.29. The van der Waals surface area contributed by atoms with Gasteiger partial charge in [0.25, 0.3) is 0 Å². The van der Waals surface area contributed by atoms with Gasteiger partial charge in [-0.2, -0.15) is 0 Å². The first kappa shape index (κ1) is 12.5. The molecule has 0 aliphatic rings. The summed E-state index contributed by atoms with van der Waals surface area (Å²) < 4.78 is 25.0. The summed E-state index contributed by atoms with van der Waals surface area (Å²) in [7, 11) is -3.34. The van der Waals surface area contributed by atoms with Gasteiger partial charge in [-0.15, -0.1) is 0 Å². The smallest absolute Gasteiger partial charge is 0.232 e. The molecule has 2 aromatic rings. The average molecular weight is 263 g/mol. The van der Waals surface area contributed by atoms with E-state index < -0.39 is 10.0 Å². The van der Waals surface area contributed by atoms with E-state index in [9.17, 15) is 8.42 Å². The zero-order valence-electron chi connectivity index (χ0n) is 9.89. The maximum atomic E-state index is 11.8. The number of anilines is 1. The zero-order valence-corrected chi connectivity index (χ0v) is 10.7. The second-order valence-corrected chi connectivity index (χ2v) is 5.76. The Balaban J connectivity index is 2.34. The Morgan fingerprint density at radius 2 is 1.72 bits per heavy atom. The average Bonchev–Trinajstić information content (AvgIpc) is 2.37. The van der Waals surface area contributed by atoms with Crippen LogP contribution < -0.4 is 4.31 Å². The zero-order chi connectivity index (χ0) is 13.0. The van der Waals surface area contributed by atoms with Gasteiger partial charge in [0.15, 0.2) is 0 Å². The summed E-state index contributed by atoms with van der Waals surface area (Å²) in [5.41, 5.74) is 1.37. The molecule has 0 bridgehead atoms. The monoisotopic (exact) mass is 263 g/mol. The number of hydrogen-bond acceptors (Lipinski definition) is 4. The van der Waals surface area contributed by atoms with Gasteiger partial charge in [-0.1, -0.05) is 18.2 Å². The quantitative estimate of drug-likeness (QED) is 0.837. The van der Waals surface area contributed by atoms with Crippen LogP contribution in [0.15, 0.2) is 49.1 Å². The van der Waals surface area contributed by atoms with Crippen LogP contribution in [0.1, 0.15) is 5.56 Å². The second-order valence-electron chi connectivity index (χ2n) is 3.85. The van der Waals surface area contributed by atoms with Crippen molar-refractivity contribution in [3.8, 4) is 0 Å². The largest absolute Gasteiger partial charge is 0.266 e. The molecule has 1 aromatic heterocycles. The van der Waals surface area contributed by atoms with Crippen LogP contribution in [0.4, 0.5) is 5.69 Å². The molecule has 0 unspecified atom stereocenters.